The molecule has 3 N–H and O–H groups in total. The number of hydrogen-bond acceptors (Lipinski definition) is 12. The van der Waals surface area contributed by atoms with Crippen molar-refractivity contribution in [1.82, 2.24) is 19.6 Å². The molecule has 2 atom stereocenters. The van der Waals surface area contributed by atoms with Crippen molar-refractivity contribution in [2.24, 2.45) is 5.16 Å². The van der Waals surface area contributed by atoms with Crippen LogP contribution < -0.4 is 11.1 Å². The van der Waals surface area contributed by atoms with Crippen LogP contribution in [0.5, 0.6) is 0 Å². The normalized spacial score (nSPS) is 20.7. The highest BCUT2D eigenvalue weighted by molar-refractivity contribution is 8.00. The molecular formula is C15H12ClF3N6O6S2. The van der Waals surface area contributed by atoms with Gasteiger partial charge in [0.1, 0.15) is 24.2 Å². The van der Waals surface area contributed by atoms with E-state index in [1.54, 1.807) is 0 Å². The van der Waals surface area contributed by atoms with Gasteiger partial charge in [0.2, 0.25) is 11.5 Å². The van der Waals surface area contributed by atoms with Crippen molar-refractivity contribution in [1.29, 1.82) is 0 Å². The maximum absolute atomic E-state index is 12.7. The summed E-state index contributed by atoms with van der Waals surface area (Å²) in [5.41, 5.74) is 4.61. The molecule has 0 aliphatic carbocycles. The highest BCUT2D eigenvalue weighted by Gasteiger charge is 2.55. The lowest BCUT2D eigenvalue weighted by atomic mass is 10.0. The van der Waals surface area contributed by atoms with Gasteiger partial charge in [0, 0.05) is 23.2 Å². The average Bonchev–Trinajstić information content (AvgIpc) is 3.19. The van der Waals surface area contributed by atoms with Crippen molar-refractivity contribution in [2.75, 3.05) is 24.5 Å². The quantitative estimate of drug-likeness (QED) is 0.128. The van der Waals surface area contributed by atoms with Gasteiger partial charge in [0.05, 0.1) is 0 Å². The van der Waals surface area contributed by atoms with Crippen LogP contribution in [0.15, 0.2) is 16.4 Å². The minimum atomic E-state index is -5.42. The summed E-state index contributed by atoms with van der Waals surface area (Å²) in [6, 6.07) is -1.20. The number of nitrogen functional groups attached to an aromatic ring is 1. The zero-order valence-electron chi connectivity index (χ0n) is 16.2. The van der Waals surface area contributed by atoms with Crippen LogP contribution in [0.25, 0.3) is 0 Å². The lowest BCUT2D eigenvalue weighted by Gasteiger charge is -2.49. The molecule has 2 unspecified atom stereocenters. The Kier molecular flexibility index (Phi) is 7.13. The Morgan fingerprint density at radius 3 is 2.64 bits per heavy atom. The van der Waals surface area contributed by atoms with Gasteiger partial charge in [-0.2, -0.15) is 22.5 Å². The van der Waals surface area contributed by atoms with Gasteiger partial charge in [-0.3, -0.25) is 14.5 Å². The first-order chi connectivity index (χ1) is 15.5. The van der Waals surface area contributed by atoms with E-state index in [0.717, 1.165) is 35.3 Å². The maximum Gasteiger partial charge on any atom is 0.491 e. The number of nitrogens with two attached hydrogens (primary N) is 1. The van der Waals surface area contributed by atoms with E-state index in [2.05, 4.69) is 29.4 Å². The third-order valence-corrected chi connectivity index (χ3v) is 6.36. The van der Waals surface area contributed by atoms with Crippen LogP contribution in [-0.4, -0.2) is 80.1 Å². The molecule has 3 rings (SSSR count). The fraction of sp³-hybridized carbons (Fsp3) is 0.400. The van der Waals surface area contributed by atoms with Gasteiger partial charge in [-0.1, -0.05) is 5.16 Å². The van der Waals surface area contributed by atoms with Crippen molar-refractivity contribution in [3.63, 3.8) is 0 Å². The number of rotatable bonds is 6. The Balaban J connectivity index is 1.79. The number of fused-ring (bicyclic) bond motifs is 1. The van der Waals surface area contributed by atoms with Crippen LogP contribution in [0.3, 0.4) is 0 Å². The van der Waals surface area contributed by atoms with Crippen molar-refractivity contribution in [2.45, 2.75) is 17.6 Å². The number of ether oxygens (including phenoxy) is 1. The largest absolute Gasteiger partial charge is 0.491 e. The first kappa shape index (κ1) is 24.7. The number of aromatic nitrogens is 2. The van der Waals surface area contributed by atoms with Gasteiger partial charge >= 0.3 is 18.1 Å². The summed E-state index contributed by atoms with van der Waals surface area (Å²) in [7, 11) is 1.16. The van der Waals surface area contributed by atoms with Crippen LogP contribution in [0.1, 0.15) is 5.82 Å². The molecule has 1 aromatic heterocycles. The number of halogens is 4. The fourth-order valence-corrected chi connectivity index (χ4v) is 4.89. The van der Waals surface area contributed by atoms with E-state index in [4.69, 9.17) is 17.3 Å². The van der Waals surface area contributed by atoms with Crippen LogP contribution >= 0.6 is 34.9 Å². The van der Waals surface area contributed by atoms with Gasteiger partial charge in [0.15, 0.2) is 5.13 Å². The van der Waals surface area contributed by atoms with E-state index in [1.165, 1.54) is 0 Å². The maximum atomic E-state index is 12.7. The Labute approximate surface area is 195 Å². The van der Waals surface area contributed by atoms with Crippen LogP contribution in [-0.2, 0) is 28.8 Å². The van der Waals surface area contributed by atoms with E-state index < -0.39 is 47.0 Å². The molecule has 1 saturated heterocycles. The number of β-lactam (4-membered cyclic amide) rings is 1. The van der Waals surface area contributed by atoms with Crippen LogP contribution in [0.2, 0.25) is 0 Å². The third-order valence-electron chi connectivity index (χ3n) is 4.16. The molecule has 18 heteroatoms. The number of carbonyl (C=O) groups is 4. The first-order valence-electron chi connectivity index (χ1n) is 8.57. The van der Waals surface area contributed by atoms with Crippen molar-refractivity contribution >= 4 is 69.5 Å². The lowest BCUT2D eigenvalue weighted by Crippen LogP contribution is -2.71. The molecule has 0 saturated carbocycles. The van der Waals surface area contributed by atoms with E-state index in [1.807, 2.05) is 0 Å². The number of oxime groups is 1. The van der Waals surface area contributed by atoms with Gasteiger partial charge in [-0.15, -0.1) is 23.4 Å². The molecule has 178 valence electrons. The number of carbonyl (C=O) groups excluding carboxylic acids is 4. The lowest BCUT2D eigenvalue weighted by molar-refractivity contribution is -0.201. The standard InChI is InChI=1S/C15H12ClF3N6O6S2/c1-30-23-5(8-22-14(20)33-24-8)9(26)21-6-10(27)25-7(4(2-16)3-32-11(6)25)12(28)31-13(29)15(17,18)19/h6,11H,2-3H2,1H3,(H,21,26)(H2,20,22,24)/b23-5+. The van der Waals surface area contributed by atoms with E-state index >= 15 is 0 Å². The topological polar surface area (TPSA) is 166 Å². The highest BCUT2D eigenvalue weighted by Crippen LogP contribution is 2.41. The van der Waals surface area contributed by atoms with Crippen molar-refractivity contribution in [3.05, 3.63) is 17.1 Å². The predicted octanol–water partition coefficient (Wildman–Crippen LogP) is -0.00430. The predicted molar refractivity (Wildman–Crippen MR) is 108 cm³/mol. The van der Waals surface area contributed by atoms with E-state index in [0.29, 0.717) is 0 Å². The van der Waals surface area contributed by atoms with Gasteiger partial charge in [0.25, 0.3) is 11.8 Å². The van der Waals surface area contributed by atoms with Crippen LogP contribution in [0.4, 0.5) is 18.3 Å². The first-order valence-corrected chi connectivity index (χ1v) is 10.9. The third kappa shape index (κ3) is 4.88. The molecule has 0 radical (unpaired) electrons. The molecule has 0 bridgehead atoms. The summed E-state index contributed by atoms with van der Waals surface area (Å²) in [5.74, 6) is -6.62. The number of hydrogen-bond donors (Lipinski definition) is 2. The van der Waals surface area contributed by atoms with Gasteiger partial charge in [-0.05, 0) is 5.57 Å². The second kappa shape index (κ2) is 9.52. The molecule has 2 amide bonds. The SMILES string of the molecule is CO/N=C(/C(=O)NC1C(=O)N2C(C(=O)OC(=O)C(F)(F)F)=C(CCl)CSC12)c1nsc(N)n1. The molecule has 1 aromatic rings. The molecular weight excluding hydrogens is 517 g/mol. The minimum absolute atomic E-state index is 0.0259. The molecule has 12 nitrogen and oxygen atoms in total. The summed E-state index contributed by atoms with van der Waals surface area (Å²) >= 11 is 7.62. The van der Waals surface area contributed by atoms with Crippen molar-refractivity contribution < 1.29 is 41.9 Å². The van der Waals surface area contributed by atoms with Crippen LogP contribution in [0, 0.1) is 0 Å². The number of amides is 2. The van der Waals surface area contributed by atoms with E-state index in [-0.39, 0.29) is 33.9 Å². The van der Waals surface area contributed by atoms with Crippen molar-refractivity contribution in [3.8, 4) is 0 Å². The monoisotopic (exact) mass is 528 g/mol. The number of nitrogens with zero attached hydrogens (tertiary/aromatic N) is 4. The molecule has 0 spiro atoms. The summed E-state index contributed by atoms with van der Waals surface area (Å²) < 4.78 is 45.1. The molecule has 2 aliphatic heterocycles. The number of esters is 2. The molecule has 0 aromatic carbocycles. The molecule has 1 fully saturated rings. The summed E-state index contributed by atoms with van der Waals surface area (Å²) in [6.45, 7) is 0. The minimum Gasteiger partial charge on any atom is -0.398 e. The molecule has 3 heterocycles. The Morgan fingerprint density at radius 2 is 2.09 bits per heavy atom. The summed E-state index contributed by atoms with van der Waals surface area (Å²) in [4.78, 5) is 57.9. The number of alkyl halides is 4. The summed E-state index contributed by atoms with van der Waals surface area (Å²) in [6.07, 6.45) is -5.42. The zero-order valence-corrected chi connectivity index (χ0v) is 18.6. The smallest absolute Gasteiger partial charge is 0.398 e. The second-order valence-electron chi connectivity index (χ2n) is 6.20. The summed E-state index contributed by atoms with van der Waals surface area (Å²) in [5, 5.41) is 5.06. The number of thioether (sulfide) groups is 1. The van der Waals surface area contributed by atoms with Gasteiger partial charge < -0.3 is 20.6 Å². The second-order valence-corrected chi connectivity index (χ2v) is 8.36. The average molecular weight is 529 g/mol. The highest BCUT2D eigenvalue weighted by atomic mass is 35.5. The van der Waals surface area contributed by atoms with Gasteiger partial charge in [-0.25, -0.2) is 9.59 Å². The molecule has 2 aliphatic rings. The number of anilines is 1. The zero-order chi connectivity index (χ0) is 24.5. The van der Waals surface area contributed by atoms with E-state index in [9.17, 15) is 32.3 Å². The Hall–Kier alpha value is -2.92. The Bertz CT molecular complexity index is 1080. The molecule has 33 heavy (non-hydrogen) atoms. The Morgan fingerprint density at radius 1 is 1.39 bits per heavy atom. The fourth-order valence-electron chi connectivity index (χ4n) is 2.78. The number of nitrogens with one attached hydrogen (secondary N) is 1.